The molecule has 0 unspecified atom stereocenters. The number of unbranched alkanes of at least 4 members (excludes halogenated alkanes) is 1. The van der Waals surface area contributed by atoms with Crippen molar-refractivity contribution in [3.63, 3.8) is 0 Å². The van der Waals surface area contributed by atoms with E-state index in [1.165, 1.54) is 6.21 Å². The van der Waals surface area contributed by atoms with Crippen LogP contribution < -0.4 is 0 Å². The van der Waals surface area contributed by atoms with Gasteiger partial charge in [-0.15, -0.1) is 0 Å². The Labute approximate surface area is 171 Å². The number of phenolic OH excluding ortho intramolecular Hbond substituents is 2. The van der Waals surface area contributed by atoms with Gasteiger partial charge in [0.1, 0.15) is 11.5 Å². The lowest BCUT2D eigenvalue weighted by atomic mass is 9.86. The Kier molecular flexibility index (Phi) is 6.69. The molecule has 0 aromatic heterocycles. The van der Waals surface area contributed by atoms with Gasteiger partial charge in [-0.05, 0) is 76.6 Å². The molecule has 0 amide bonds. The first-order valence-corrected chi connectivity index (χ1v) is 9.72. The summed E-state index contributed by atoms with van der Waals surface area (Å²) in [6, 6.07) is 22.3. The van der Waals surface area contributed by atoms with Gasteiger partial charge in [0, 0.05) is 0 Å². The quantitative estimate of drug-likeness (QED) is 0.200. The first-order valence-electron chi connectivity index (χ1n) is 9.72. The largest absolute Gasteiger partial charge is 0.508 e. The summed E-state index contributed by atoms with van der Waals surface area (Å²) in [5, 5.41) is 31.6. The smallest absolute Gasteiger partial charge is 0.115 e. The van der Waals surface area contributed by atoms with Crippen molar-refractivity contribution in [2.45, 2.75) is 26.2 Å². The third-order valence-electron chi connectivity index (χ3n) is 4.84. The van der Waals surface area contributed by atoms with Crippen LogP contribution in [0.5, 0.6) is 11.5 Å². The number of aromatic hydroxyl groups is 2. The van der Waals surface area contributed by atoms with Crippen molar-refractivity contribution >= 4 is 17.4 Å². The van der Waals surface area contributed by atoms with Gasteiger partial charge in [-0.2, -0.15) is 0 Å². The lowest BCUT2D eigenvalue weighted by Crippen LogP contribution is -1.97. The van der Waals surface area contributed by atoms with Gasteiger partial charge in [0.25, 0.3) is 0 Å². The van der Waals surface area contributed by atoms with Crippen LogP contribution in [0.15, 0.2) is 78.0 Å². The zero-order valence-corrected chi connectivity index (χ0v) is 16.4. The van der Waals surface area contributed by atoms with Gasteiger partial charge < -0.3 is 15.4 Å². The fourth-order valence-electron chi connectivity index (χ4n) is 3.41. The summed E-state index contributed by atoms with van der Waals surface area (Å²) >= 11 is 0. The summed E-state index contributed by atoms with van der Waals surface area (Å²) in [5.74, 6) is 0.435. The van der Waals surface area contributed by atoms with E-state index in [1.54, 1.807) is 24.3 Å². The minimum Gasteiger partial charge on any atom is -0.508 e. The number of hydrogen-bond donors (Lipinski definition) is 3. The summed E-state index contributed by atoms with van der Waals surface area (Å²) < 4.78 is 0. The normalized spacial score (nSPS) is 10.9. The van der Waals surface area contributed by atoms with E-state index < -0.39 is 0 Å². The van der Waals surface area contributed by atoms with Gasteiger partial charge in [0.15, 0.2) is 0 Å². The highest BCUT2D eigenvalue weighted by Gasteiger charge is 2.15. The minimum absolute atomic E-state index is 0.218. The predicted molar refractivity (Wildman–Crippen MR) is 117 cm³/mol. The van der Waals surface area contributed by atoms with Crippen LogP contribution in [-0.4, -0.2) is 21.6 Å². The number of allylic oxidation sites excluding steroid dienone is 1. The van der Waals surface area contributed by atoms with E-state index in [4.69, 9.17) is 5.21 Å². The van der Waals surface area contributed by atoms with Crippen molar-refractivity contribution in [2.24, 2.45) is 5.16 Å². The molecule has 148 valence electrons. The number of benzene rings is 3. The van der Waals surface area contributed by atoms with Crippen LogP contribution in [0.3, 0.4) is 0 Å². The molecule has 0 spiro atoms. The lowest BCUT2D eigenvalue weighted by molar-refractivity contribution is 0.322. The number of phenols is 2. The molecule has 0 radical (unpaired) electrons. The van der Waals surface area contributed by atoms with Crippen molar-refractivity contribution in [3.05, 3.63) is 95.1 Å². The summed E-state index contributed by atoms with van der Waals surface area (Å²) in [7, 11) is 0. The molecule has 0 fully saturated rings. The van der Waals surface area contributed by atoms with E-state index in [1.807, 2.05) is 42.5 Å². The van der Waals surface area contributed by atoms with Gasteiger partial charge in [-0.3, -0.25) is 0 Å². The second-order valence-electron chi connectivity index (χ2n) is 6.92. The highest BCUT2D eigenvalue weighted by molar-refractivity contribution is 5.99. The Morgan fingerprint density at radius 3 is 1.93 bits per heavy atom. The second-order valence-corrected chi connectivity index (χ2v) is 6.92. The third-order valence-corrected chi connectivity index (χ3v) is 4.84. The molecule has 0 aliphatic carbocycles. The predicted octanol–water partition coefficient (Wildman–Crippen LogP) is 6.06. The van der Waals surface area contributed by atoms with Crippen LogP contribution in [0, 0.1) is 0 Å². The third kappa shape index (κ3) is 5.05. The summed E-state index contributed by atoms with van der Waals surface area (Å²) in [4.78, 5) is 0. The first-order chi connectivity index (χ1) is 14.1. The van der Waals surface area contributed by atoms with Crippen molar-refractivity contribution in [3.8, 4) is 11.5 Å². The fourth-order valence-corrected chi connectivity index (χ4v) is 3.41. The van der Waals surface area contributed by atoms with E-state index >= 15 is 0 Å². The molecule has 4 nitrogen and oxygen atoms in total. The van der Waals surface area contributed by atoms with Crippen LogP contribution in [0.2, 0.25) is 0 Å². The van der Waals surface area contributed by atoms with E-state index in [9.17, 15) is 10.2 Å². The highest BCUT2D eigenvalue weighted by Crippen LogP contribution is 2.36. The van der Waals surface area contributed by atoms with Crippen LogP contribution in [-0.2, 0) is 0 Å². The van der Waals surface area contributed by atoms with Crippen LogP contribution in [0.25, 0.3) is 11.1 Å². The van der Waals surface area contributed by atoms with E-state index in [0.29, 0.717) is 0 Å². The maximum absolute atomic E-state index is 9.75. The van der Waals surface area contributed by atoms with Crippen LogP contribution in [0.1, 0.15) is 48.4 Å². The number of hydrogen-bond acceptors (Lipinski definition) is 4. The van der Waals surface area contributed by atoms with E-state index in [0.717, 1.165) is 52.7 Å². The van der Waals surface area contributed by atoms with Crippen molar-refractivity contribution in [1.29, 1.82) is 0 Å². The minimum atomic E-state index is 0.218. The SMILES string of the molecule is CCCCC(=C(c1ccc(O)cc1)c1ccc(O)cc1)c1cccc(C=NO)c1. The molecule has 4 heteroatoms. The average molecular weight is 387 g/mol. The molecule has 3 aromatic rings. The van der Waals surface area contributed by atoms with Crippen molar-refractivity contribution in [2.75, 3.05) is 0 Å². The topological polar surface area (TPSA) is 73.0 Å². The molecule has 0 saturated heterocycles. The average Bonchev–Trinajstić information content (AvgIpc) is 2.73. The van der Waals surface area contributed by atoms with Gasteiger partial charge >= 0.3 is 0 Å². The second kappa shape index (κ2) is 9.60. The van der Waals surface area contributed by atoms with Crippen molar-refractivity contribution < 1.29 is 15.4 Å². The van der Waals surface area contributed by atoms with Gasteiger partial charge in [0.2, 0.25) is 0 Å². The van der Waals surface area contributed by atoms with Crippen molar-refractivity contribution in [1.82, 2.24) is 0 Å². The summed E-state index contributed by atoms with van der Waals surface area (Å²) in [6.45, 7) is 2.16. The van der Waals surface area contributed by atoms with Gasteiger partial charge in [0.05, 0.1) is 6.21 Å². The molecule has 0 atom stereocenters. The van der Waals surface area contributed by atoms with Gasteiger partial charge in [-0.1, -0.05) is 61.0 Å². The zero-order valence-electron chi connectivity index (χ0n) is 16.4. The number of oxime groups is 1. The zero-order chi connectivity index (χ0) is 20.6. The highest BCUT2D eigenvalue weighted by atomic mass is 16.4. The fraction of sp³-hybridized carbons (Fsp3) is 0.160. The molecule has 3 aromatic carbocycles. The first kappa shape index (κ1) is 20.2. The van der Waals surface area contributed by atoms with Gasteiger partial charge in [-0.25, -0.2) is 0 Å². The molecule has 0 heterocycles. The van der Waals surface area contributed by atoms with E-state index in [-0.39, 0.29) is 11.5 Å². The Balaban J connectivity index is 2.27. The molecule has 3 N–H and O–H groups in total. The maximum atomic E-state index is 9.75. The molecule has 0 aliphatic rings. The standard InChI is InChI=1S/C25H25NO3/c1-2-3-7-24(21-6-4-5-18(16-21)17-26-29)25(19-8-12-22(27)13-9-19)20-10-14-23(28)15-11-20/h4-6,8-17,27-29H,2-3,7H2,1H3. The summed E-state index contributed by atoms with van der Waals surface area (Å²) in [5.41, 5.74) is 6.05. The Bertz CT molecular complexity index is 955. The van der Waals surface area contributed by atoms with E-state index in [2.05, 4.69) is 18.1 Å². The summed E-state index contributed by atoms with van der Waals surface area (Å²) in [6.07, 6.45) is 4.36. The monoisotopic (exact) mass is 387 g/mol. The lowest BCUT2D eigenvalue weighted by Gasteiger charge is -2.18. The molecular weight excluding hydrogens is 362 g/mol. The van der Waals surface area contributed by atoms with Crippen LogP contribution >= 0.6 is 0 Å². The number of rotatable bonds is 7. The molecule has 0 saturated carbocycles. The molecule has 0 bridgehead atoms. The molecule has 0 aliphatic heterocycles. The number of nitrogens with zero attached hydrogens (tertiary/aromatic N) is 1. The molecule has 3 rings (SSSR count). The Morgan fingerprint density at radius 2 is 1.41 bits per heavy atom. The van der Waals surface area contributed by atoms with Crippen LogP contribution in [0.4, 0.5) is 0 Å². The molecular formula is C25H25NO3. The maximum Gasteiger partial charge on any atom is 0.115 e. The Hall–Kier alpha value is -3.53. The Morgan fingerprint density at radius 1 is 0.828 bits per heavy atom. The molecule has 29 heavy (non-hydrogen) atoms.